The van der Waals surface area contributed by atoms with Gasteiger partial charge >= 0.3 is 0 Å². The molecule has 76 valence electrons. The number of nitrogens with two attached hydrogens (primary N) is 1. The van der Waals surface area contributed by atoms with E-state index in [1.54, 1.807) is 0 Å². The minimum absolute atomic E-state index is 0.406. The number of thiophene rings is 1. The maximum atomic E-state index is 5.83. The fourth-order valence-electron chi connectivity index (χ4n) is 1.83. The molecule has 0 spiro atoms. The third-order valence-corrected chi connectivity index (χ3v) is 3.70. The van der Waals surface area contributed by atoms with E-state index in [2.05, 4.69) is 36.1 Å². The van der Waals surface area contributed by atoms with Gasteiger partial charge in [-0.3, -0.25) is 4.90 Å². The van der Waals surface area contributed by atoms with E-state index in [0.29, 0.717) is 12.6 Å². The smallest absolute Gasteiger partial charge is 0.0570 e. The fourth-order valence-corrected chi connectivity index (χ4v) is 2.85. The van der Waals surface area contributed by atoms with Gasteiger partial charge in [-0.05, 0) is 19.1 Å². The fraction of sp³-hybridized carbons (Fsp3) is 0.455. The number of nitrogens with zero attached hydrogens (tertiary/aromatic N) is 1. The Hall–Kier alpha value is -0.640. The highest BCUT2D eigenvalue weighted by Crippen LogP contribution is 2.27. The summed E-state index contributed by atoms with van der Waals surface area (Å²) < 4.78 is 0. The van der Waals surface area contributed by atoms with E-state index in [9.17, 15) is 0 Å². The lowest BCUT2D eigenvalue weighted by Crippen LogP contribution is -2.31. The molecule has 0 fully saturated rings. The lowest BCUT2D eigenvalue weighted by Gasteiger charge is -2.25. The van der Waals surface area contributed by atoms with E-state index in [0.717, 1.165) is 13.1 Å². The van der Waals surface area contributed by atoms with Gasteiger partial charge in [-0.1, -0.05) is 12.2 Å². The second-order valence-electron chi connectivity index (χ2n) is 3.63. The Kier molecular flexibility index (Phi) is 3.01. The van der Waals surface area contributed by atoms with Crippen molar-refractivity contribution in [1.29, 1.82) is 0 Å². The second-order valence-corrected chi connectivity index (χ2v) is 4.94. The van der Waals surface area contributed by atoms with Gasteiger partial charge in [-0.2, -0.15) is 0 Å². The average Bonchev–Trinajstić information content (AvgIpc) is 2.79. The number of rotatable bonds is 3. The molecular weight excluding hydrogens is 192 g/mol. The molecule has 0 amide bonds. The molecule has 0 radical (unpaired) electrons. The van der Waals surface area contributed by atoms with E-state index in [4.69, 9.17) is 5.73 Å². The van der Waals surface area contributed by atoms with Gasteiger partial charge in [0, 0.05) is 29.4 Å². The molecule has 2 nitrogen and oxygen atoms in total. The molecule has 1 atom stereocenters. The Balaban J connectivity index is 2.12. The summed E-state index contributed by atoms with van der Waals surface area (Å²) in [5.41, 5.74) is 5.83. The van der Waals surface area contributed by atoms with Gasteiger partial charge in [0.1, 0.15) is 0 Å². The van der Waals surface area contributed by atoms with Crippen molar-refractivity contribution in [3.05, 3.63) is 34.0 Å². The van der Waals surface area contributed by atoms with Crippen molar-refractivity contribution >= 4 is 11.3 Å². The van der Waals surface area contributed by atoms with Gasteiger partial charge in [0.05, 0.1) is 6.04 Å². The Morgan fingerprint density at radius 1 is 1.43 bits per heavy atom. The van der Waals surface area contributed by atoms with Crippen LogP contribution in [0.2, 0.25) is 0 Å². The van der Waals surface area contributed by atoms with Crippen LogP contribution >= 0.6 is 11.3 Å². The molecule has 0 aromatic carbocycles. The molecule has 0 aliphatic carbocycles. The molecule has 14 heavy (non-hydrogen) atoms. The maximum Gasteiger partial charge on any atom is 0.0570 e. The topological polar surface area (TPSA) is 29.3 Å². The van der Waals surface area contributed by atoms with Crippen LogP contribution in [0, 0.1) is 6.92 Å². The standard InChI is InChI=1S/C11H16N2S/c1-9-4-5-11(14-9)10(8-12)13-6-2-3-7-13/h2-5,10H,6-8,12H2,1H3. The summed E-state index contributed by atoms with van der Waals surface area (Å²) in [5.74, 6) is 0. The van der Waals surface area contributed by atoms with Crippen LogP contribution in [-0.4, -0.2) is 24.5 Å². The van der Waals surface area contributed by atoms with E-state index >= 15 is 0 Å². The molecule has 0 saturated heterocycles. The quantitative estimate of drug-likeness (QED) is 0.769. The largest absolute Gasteiger partial charge is 0.329 e. The highest BCUT2D eigenvalue weighted by Gasteiger charge is 2.20. The predicted octanol–water partition coefficient (Wildman–Crippen LogP) is 1.93. The first-order valence-electron chi connectivity index (χ1n) is 4.96. The maximum absolute atomic E-state index is 5.83. The van der Waals surface area contributed by atoms with Crippen LogP contribution in [0.5, 0.6) is 0 Å². The van der Waals surface area contributed by atoms with Crippen LogP contribution < -0.4 is 5.73 Å². The van der Waals surface area contributed by atoms with Crippen LogP contribution in [0.4, 0.5) is 0 Å². The van der Waals surface area contributed by atoms with Gasteiger partial charge in [0.2, 0.25) is 0 Å². The summed E-state index contributed by atoms with van der Waals surface area (Å²) in [5, 5.41) is 0. The molecule has 3 heteroatoms. The molecule has 0 saturated carbocycles. The third kappa shape index (κ3) is 1.90. The summed E-state index contributed by atoms with van der Waals surface area (Å²) in [6.45, 7) is 4.93. The van der Waals surface area contributed by atoms with E-state index in [1.807, 2.05) is 11.3 Å². The number of aryl methyl sites for hydroxylation is 1. The van der Waals surface area contributed by atoms with Crippen molar-refractivity contribution in [2.45, 2.75) is 13.0 Å². The Morgan fingerprint density at radius 2 is 2.14 bits per heavy atom. The van der Waals surface area contributed by atoms with Crippen LogP contribution in [0.1, 0.15) is 15.8 Å². The molecule has 2 heterocycles. The normalized spacial score (nSPS) is 19.0. The first kappa shape index (κ1) is 9.90. The van der Waals surface area contributed by atoms with Crippen LogP contribution in [0.3, 0.4) is 0 Å². The summed E-state index contributed by atoms with van der Waals surface area (Å²) in [4.78, 5) is 5.17. The number of hydrogen-bond acceptors (Lipinski definition) is 3. The molecule has 1 unspecified atom stereocenters. The minimum Gasteiger partial charge on any atom is -0.329 e. The van der Waals surface area contributed by atoms with Crippen LogP contribution in [0.15, 0.2) is 24.3 Å². The molecule has 1 aromatic heterocycles. The summed E-state index contributed by atoms with van der Waals surface area (Å²) in [6.07, 6.45) is 4.42. The zero-order valence-corrected chi connectivity index (χ0v) is 9.26. The van der Waals surface area contributed by atoms with Crippen molar-refractivity contribution in [3.8, 4) is 0 Å². The molecule has 1 aliphatic heterocycles. The van der Waals surface area contributed by atoms with Crippen molar-refractivity contribution < 1.29 is 0 Å². The highest BCUT2D eigenvalue weighted by molar-refractivity contribution is 7.12. The Bertz CT molecular complexity index is 322. The van der Waals surface area contributed by atoms with Crippen molar-refractivity contribution in [3.63, 3.8) is 0 Å². The molecule has 0 bridgehead atoms. The van der Waals surface area contributed by atoms with Gasteiger partial charge in [0.25, 0.3) is 0 Å². The lowest BCUT2D eigenvalue weighted by atomic mass is 10.2. The van der Waals surface area contributed by atoms with E-state index in [-0.39, 0.29) is 0 Å². The average molecular weight is 208 g/mol. The van der Waals surface area contributed by atoms with Gasteiger partial charge < -0.3 is 5.73 Å². The molecule has 1 aromatic rings. The van der Waals surface area contributed by atoms with E-state index in [1.165, 1.54) is 9.75 Å². The second kappa shape index (κ2) is 4.26. The van der Waals surface area contributed by atoms with Gasteiger partial charge in [-0.15, -0.1) is 11.3 Å². The van der Waals surface area contributed by atoms with Gasteiger partial charge in [0.15, 0.2) is 0 Å². The summed E-state index contributed by atoms with van der Waals surface area (Å²) in [6, 6.07) is 4.78. The minimum atomic E-state index is 0.406. The van der Waals surface area contributed by atoms with Crippen molar-refractivity contribution in [2.75, 3.05) is 19.6 Å². The number of hydrogen-bond donors (Lipinski definition) is 1. The van der Waals surface area contributed by atoms with Gasteiger partial charge in [-0.25, -0.2) is 0 Å². The first-order valence-corrected chi connectivity index (χ1v) is 5.78. The van der Waals surface area contributed by atoms with Crippen LogP contribution in [0.25, 0.3) is 0 Å². The Morgan fingerprint density at radius 3 is 2.64 bits per heavy atom. The van der Waals surface area contributed by atoms with Crippen molar-refractivity contribution in [2.24, 2.45) is 5.73 Å². The zero-order chi connectivity index (χ0) is 9.97. The van der Waals surface area contributed by atoms with Crippen molar-refractivity contribution in [1.82, 2.24) is 4.90 Å². The zero-order valence-electron chi connectivity index (χ0n) is 8.44. The lowest BCUT2D eigenvalue weighted by molar-refractivity contribution is 0.265. The van der Waals surface area contributed by atoms with Crippen LogP contribution in [-0.2, 0) is 0 Å². The summed E-state index contributed by atoms with van der Waals surface area (Å²) >= 11 is 1.86. The molecular formula is C11H16N2S. The predicted molar refractivity (Wildman–Crippen MR) is 61.6 cm³/mol. The van der Waals surface area contributed by atoms with E-state index < -0.39 is 0 Å². The molecule has 1 aliphatic rings. The Labute approximate surface area is 89.0 Å². The summed E-state index contributed by atoms with van der Waals surface area (Å²) in [7, 11) is 0. The monoisotopic (exact) mass is 208 g/mol. The first-order chi connectivity index (χ1) is 6.81. The third-order valence-electron chi connectivity index (χ3n) is 2.60. The molecule has 2 rings (SSSR count). The highest BCUT2D eigenvalue weighted by atomic mass is 32.1. The SMILES string of the molecule is Cc1ccc(C(CN)N2CC=CC2)s1. The molecule has 2 N–H and O–H groups in total.